The summed E-state index contributed by atoms with van der Waals surface area (Å²) in [5.41, 5.74) is -2.36. The van der Waals surface area contributed by atoms with Gasteiger partial charge < -0.3 is 5.11 Å². The van der Waals surface area contributed by atoms with E-state index in [1.165, 1.54) is 0 Å². The number of alkyl halides is 3. The molecule has 96 valence electrons. The lowest BCUT2D eigenvalue weighted by molar-refractivity contribution is -0.273. The van der Waals surface area contributed by atoms with Crippen LogP contribution in [0.2, 0.25) is 0 Å². The molecule has 1 rings (SSSR count). The molecule has 1 aliphatic rings. The molecule has 0 aromatic rings. The van der Waals surface area contributed by atoms with Gasteiger partial charge in [-0.2, -0.15) is 13.2 Å². The molecule has 0 bridgehead atoms. The Kier molecular flexibility index (Phi) is 3.63. The highest BCUT2D eigenvalue weighted by atomic mass is 19.4. The molecule has 1 nitrogen and oxygen atoms in total. The molecule has 0 saturated heterocycles. The molecule has 0 heterocycles. The van der Waals surface area contributed by atoms with Gasteiger partial charge >= 0.3 is 6.18 Å². The maximum absolute atomic E-state index is 12.6. The van der Waals surface area contributed by atoms with Crippen molar-refractivity contribution in [3.63, 3.8) is 0 Å². The summed E-state index contributed by atoms with van der Waals surface area (Å²) in [4.78, 5) is 0. The largest absolute Gasteiger partial charge is 0.417 e. The minimum atomic E-state index is -4.48. The highest BCUT2D eigenvalue weighted by Crippen LogP contribution is 2.48. The standard InChI is InChI=1S/C12H21F3O/c1-4-10(2,3)9-5-7-11(16,8-6-9)12(13,14)15/h9,16H,4-8H2,1-3H3. The first kappa shape index (κ1) is 13.8. The fourth-order valence-corrected chi connectivity index (χ4v) is 2.45. The summed E-state index contributed by atoms with van der Waals surface area (Å²) in [6.07, 6.45) is -2.88. The molecule has 1 saturated carbocycles. The summed E-state index contributed by atoms with van der Waals surface area (Å²) in [5.74, 6) is 0.292. The molecule has 0 aromatic carbocycles. The van der Waals surface area contributed by atoms with E-state index >= 15 is 0 Å². The van der Waals surface area contributed by atoms with E-state index in [0.717, 1.165) is 6.42 Å². The Balaban J connectivity index is 2.65. The van der Waals surface area contributed by atoms with E-state index in [0.29, 0.717) is 18.8 Å². The third kappa shape index (κ3) is 2.53. The van der Waals surface area contributed by atoms with Gasteiger partial charge in [0.2, 0.25) is 0 Å². The topological polar surface area (TPSA) is 20.2 Å². The minimum absolute atomic E-state index is 0.0763. The zero-order valence-electron chi connectivity index (χ0n) is 10.2. The fraction of sp³-hybridized carbons (Fsp3) is 1.00. The second-order valence-corrected chi connectivity index (χ2v) is 5.65. The zero-order chi connectivity index (χ0) is 12.6. The molecule has 1 aliphatic carbocycles. The maximum atomic E-state index is 12.6. The summed E-state index contributed by atoms with van der Waals surface area (Å²) in [7, 11) is 0. The third-order valence-corrected chi connectivity index (χ3v) is 4.36. The van der Waals surface area contributed by atoms with Crippen LogP contribution in [0.1, 0.15) is 52.9 Å². The first-order valence-electron chi connectivity index (χ1n) is 5.91. The van der Waals surface area contributed by atoms with Crippen LogP contribution in [0.5, 0.6) is 0 Å². The molecule has 0 atom stereocenters. The van der Waals surface area contributed by atoms with Crippen LogP contribution in [0.4, 0.5) is 13.2 Å². The molecule has 4 heteroatoms. The summed E-state index contributed by atoms with van der Waals surface area (Å²) in [6, 6.07) is 0. The number of halogens is 3. The van der Waals surface area contributed by atoms with Crippen LogP contribution in [0, 0.1) is 11.3 Å². The molecule has 16 heavy (non-hydrogen) atoms. The van der Waals surface area contributed by atoms with Gasteiger partial charge in [0.15, 0.2) is 5.60 Å². The Morgan fingerprint density at radius 3 is 1.94 bits per heavy atom. The molecule has 1 fully saturated rings. The van der Waals surface area contributed by atoms with Gasteiger partial charge in [0.1, 0.15) is 0 Å². The molecule has 0 amide bonds. The summed E-state index contributed by atoms with van der Waals surface area (Å²) >= 11 is 0. The van der Waals surface area contributed by atoms with Crippen LogP contribution >= 0.6 is 0 Å². The number of rotatable bonds is 2. The van der Waals surface area contributed by atoms with Crippen molar-refractivity contribution in [2.24, 2.45) is 11.3 Å². The average Bonchev–Trinajstić information content (AvgIpc) is 2.17. The lowest BCUT2D eigenvalue weighted by Crippen LogP contribution is -2.49. The maximum Gasteiger partial charge on any atom is 0.417 e. The van der Waals surface area contributed by atoms with E-state index in [-0.39, 0.29) is 18.3 Å². The molecule has 1 N–H and O–H groups in total. The van der Waals surface area contributed by atoms with Crippen LogP contribution in [-0.4, -0.2) is 16.9 Å². The molecular formula is C12H21F3O. The average molecular weight is 238 g/mol. The van der Waals surface area contributed by atoms with Crippen molar-refractivity contribution >= 4 is 0 Å². The lowest BCUT2D eigenvalue weighted by atomic mass is 9.66. The van der Waals surface area contributed by atoms with E-state index in [1.807, 2.05) is 0 Å². The second-order valence-electron chi connectivity index (χ2n) is 5.65. The van der Waals surface area contributed by atoms with Crippen molar-refractivity contribution in [1.29, 1.82) is 0 Å². The van der Waals surface area contributed by atoms with Crippen LogP contribution in [0.15, 0.2) is 0 Å². The van der Waals surface area contributed by atoms with Gasteiger partial charge in [-0.15, -0.1) is 0 Å². The Labute approximate surface area is 95.0 Å². The smallest absolute Gasteiger partial charge is 0.380 e. The predicted octanol–water partition coefficient (Wildman–Crippen LogP) is 3.91. The summed E-state index contributed by atoms with van der Waals surface area (Å²) in [6.45, 7) is 6.25. The van der Waals surface area contributed by atoms with E-state index in [9.17, 15) is 18.3 Å². The van der Waals surface area contributed by atoms with Crippen LogP contribution in [0.25, 0.3) is 0 Å². The Morgan fingerprint density at radius 2 is 1.62 bits per heavy atom. The molecule has 0 aliphatic heterocycles. The van der Waals surface area contributed by atoms with Crippen molar-refractivity contribution in [2.75, 3.05) is 0 Å². The van der Waals surface area contributed by atoms with Gasteiger partial charge in [-0.3, -0.25) is 0 Å². The molecule has 0 spiro atoms. The highest BCUT2D eigenvalue weighted by Gasteiger charge is 2.55. The summed E-state index contributed by atoms with van der Waals surface area (Å²) < 4.78 is 37.7. The first-order chi connectivity index (χ1) is 7.12. The van der Waals surface area contributed by atoms with Crippen LogP contribution in [0.3, 0.4) is 0 Å². The first-order valence-corrected chi connectivity index (χ1v) is 5.91. The molecule has 0 unspecified atom stereocenters. The SMILES string of the molecule is CCC(C)(C)C1CCC(O)(C(F)(F)F)CC1. The molecule has 0 aromatic heterocycles. The Bertz CT molecular complexity index is 237. The van der Waals surface area contributed by atoms with E-state index in [1.54, 1.807) is 0 Å². The van der Waals surface area contributed by atoms with Gasteiger partial charge in [0.05, 0.1) is 0 Å². The normalized spacial score (nSPS) is 32.8. The van der Waals surface area contributed by atoms with Gasteiger partial charge in [-0.1, -0.05) is 27.2 Å². The lowest BCUT2D eigenvalue weighted by Gasteiger charge is -2.43. The van der Waals surface area contributed by atoms with Crippen molar-refractivity contribution < 1.29 is 18.3 Å². The summed E-state index contributed by atoms with van der Waals surface area (Å²) in [5, 5.41) is 9.54. The second kappa shape index (κ2) is 4.21. The predicted molar refractivity (Wildman–Crippen MR) is 57.0 cm³/mol. The van der Waals surface area contributed by atoms with Crippen molar-refractivity contribution in [1.82, 2.24) is 0 Å². The quantitative estimate of drug-likeness (QED) is 0.773. The van der Waals surface area contributed by atoms with Crippen LogP contribution in [-0.2, 0) is 0 Å². The molecular weight excluding hydrogens is 217 g/mol. The zero-order valence-corrected chi connectivity index (χ0v) is 10.2. The van der Waals surface area contributed by atoms with E-state index < -0.39 is 11.8 Å². The number of hydrogen-bond acceptors (Lipinski definition) is 1. The van der Waals surface area contributed by atoms with Gasteiger partial charge in [-0.05, 0) is 37.0 Å². The Morgan fingerprint density at radius 1 is 1.19 bits per heavy atom. The number of hydrogen-bond donors (Lipinski definition) is 1. The van der Waals surface area contributed by atoms with Crippen molar-refractivity contribution in [2.45, 2.75) is 64.7 Å². The minimum Gasteiger partial charge on any atom is -0.380 e. The van der Waals surface area contributed by atoms with Gasteiger partial charge in [0, 0.05) is 0 Å². The highest BCUT2D eigenvalue weighted by molar-refractivity contribution is 4.94. The fourth-order valence-electron chi connectivity index (χ4n) is 2.45. The van der Waals surface area contributed by atoms with Gasteiger partial charge in [-0.25, -0.2) is 0 Å². The Hall–Kier alpha value is -0.250. The van der Waals surface area contributed by atoms with Crippen LogP contribution < -0.4 is 0 Å². The van der Waals surface area contributed by atoms with Gasteiger partial charge in [0.25, 0.3) is 0 Å². The van der Waals surface area contributed by atoms with E-state index in [2.05, 4.69) is 20.8 Å². The molecule has 0 radical (unpaired) electrons. The van der Waals surface area contributed by atoms with Crippen molar-refractivity contribution in [3.8, 4) is 0 Å². The van der Waals surface area contributed by atoms with E-state index in [4.69, 9.17) is 0 Å². The third-order valence-electron chi connectivity index (χ3n) is 4.36. The van der Waals surface area contributed by atoms with Crippen molar-refractivity contribution in [3.05, 3.63) is 0 Å². The monoisotopic (exact) mass is 238 g/mol. The number of aliphatic hydroxyl groups is 1.